The highest BCUT2D eigenvalue weighted by Crippen LogP contribution is 2.22. The minimum absolute atomic E-state index is 0.231. The Morgan fingerprint density at radius 3 is 2.21 bits per heavy atom. The quantitative estimate of drug-likeness (QED) is 0.677. The van der Waals surface area contributed by atoms with Crippen molar-refractivity contribution in [2.45, 2.75) is 6.36 Å². The van der Waals surface area contributed by atoms with Gasteiger partial charge in [0.1, 0.15) is 5.75 Å². The lowest BCUT2D eigenvalue weighted by Crippen LogP contribution is -2.16. The molecule has 14 heavy (non-hydrogen) atoms. The monoisotopic (exact) mass is 203 g/mol. The zero-order valence-corrected chi connectivity index (χ0v) is 7.38. The van der Waals surface area contributed by atoms with Crippen molar-refractivity contribution in [2.75, 3.05) is 7.05 Å². The van der Waals surface area contributed by atoms with Gasteiger partial charge < -0.3 is 4.74 Å². The zero-order valence-electron chi connectivity index (χ0n) is 7.38. The molecule has 0 aromatic heterocycles. The number of hydrogen-bond donors (Lipinski definition) is 0. The third kappa shape index (κ3) is 3.47. The second kappa shape index (κ2) is 4.13. The minimum Gasteiger partial charge on any atom is -0.406 e. The molecule has 0 amide bonds. The van der Waals surface area contributed by atoms with Crippen LogP contribution < -0.4 is 4.74 Å². The molecule has 0 N–H and O–H groups in total. The van der Waals surface area contributed by atoms with Crippen molar-refractivity contribution in [1.29, 1.82) is 0 Å². The van der Waals surface area contributed by atoms with Crippen LogP contribution in [-0.2, 0) is 0 Å². The SMILES string of the molecule is C/N=C/c1ccc(OC(F)(F)F)cc1. The van der Waals surface area contributed by atoms with Crippen molar-refractivity contribution in [3.8, 4) is 5.75 Å². The molecule has 76 valence electrons. The number of alkyl halides is 3. The first-order valence-electron chi connectivity index (χ1n) is 3.79. The summed E-state index contributed by atoms with van der Waals surface area (Å²) < 4.78 is 38.9. The summed E-state index contributed by atoms with van der Waals surface area (Å²) in [6, 6.07) is 5.47. The molecule has 0 atom stereocenters. The fraction of sp³-hybridized carbons (Fsp3) is 0.222. The van der Waals surface area contributed by atoms with Gasteiger partial charge in [-0.1, -0.05) is 0 Å². The van der Waals surface area contributed by atoms with Gasteiger partial charge in [-0.25, -0.2) is 0 Å². The Morgan fingerprint density at radius 2 is 1.79 bits per heavy atom. The average molecular weight is 203 g/mol. The van der Waals surface area contributed by atoms with Crippen molar-refractivity contribution in [3.63, 3.8) is 0 Å². The summed E-state index contributed by atoms with van der Waals surface area (Å²) in [6.45, 7) is 0. The van der Waals surface area contributed by atoms with E-state index in [4.69, 9.17) is 0 Å². The summed E-state index contributed by atoms with van der Waals surface area (Å²) in [6.07, 6.45) is -3.10. The largest absolute Gasteiger partial charge is 0.573 e. The first-order chi connectivity index (χ1) is 6.51. The van der Waals surface area contributed by atoms with E-state index in [1.807, 2.05) is 0 Å². The summed E-state index contributed by atoms with van der Waals surface area (Å²) in [5.74, 6) is -0.231. The van der Waals surface area contributed by atoms with E-state index in [1.165, 1.54) is 30.5 Å². The molecule has 0 fully saturated rings. The van der Waals surface area contributed by atoms with E-state index in [0.29, 0.717) is 0 Å². The van der Waals surface area contributed by atoms with Crippen LogP contribution in [0.5, 0.6) is 5.75 Å². The van der Waals surface area contributed by atoms with Gasteiger partial charge in [0, 0.05) is 13.3 Å². The van der Waals surface area contributed by atoms with Gasteiger partial charge in [0.25, 0.3) is 0 Å². The number of nitrogens with zero attached hydrogens (tertiary/aromatic N) is 1. The van der Waals surface area contributed by atoms with Crippen LogP contribution in [0.3, 0.4) is 0 Å². The maximum Gasteiger partial charge on any atom is 0.573 e. The van der Waals surface area contributed by atoms with Crippen molar-refractivity contribution in [1.82, 2.24) is 0 Å². The molecular weight excluding hydrogens is 195 g/mol. The van der Waals surface area contributed by atoms with Gasteiger partial charge in [0.05, 0.1) is 0 Å². The van der Waals surface area contributed by atoms with E-state index in [9.17, 15) is 13.2 Å². The maximum absolute atomic E-state index is 11.7. The smallest absolute Gasteiger partial charge is 0.406 e. The molecule has 0 radical (unpaired) electrons. The highest BCUT2D eigenvalue weighted by molar-refractivity contribution is 5.79. The molecule has 0 unspecified atom stereocenters. The Kier molecular flexibility index (Phi) is 3.11. The molecule has 0 aliphatic rings. The molecule has 0 spiro atoms. The lowest BCUT2D eigenvalue weighted by molar-refractivity contribution is -0.274. The molecule has 1 rings (SSSR count). The number of halogens is 3. The Balaban J connectivity index is 2.74. The first-order valence-corrected chi connectivity index (χ1v) is 3.79. The van der Waals surface area contributed by atoms with Crippen LogP contribution in [0.1, 0.15) is 5.56 Å². The Morgan fingerprint density at radius 1 is 1.21 bits per heavy atom. The van der Waals surface area contributed by atoms with Crippen molar-refractivity contribution >= 4 is 6.21 Å². The van der Waals surface area contributed by atoms with Crippen LogP contribution in [0, 0.1) is 0 Å². The van der Waals surface area contributed by atoms with E-state index >= 15 is 0 Å². The van der Waals surface area contributed by atoms with E-state index in [2.05, 4.69) is 9.73 Å². The molecular formula is C9H8F3NO. The lowest BCUT2D eigenvalue weighted by atomic mass is 10.2. The molecule has 0 aliphatic carbocycles. The van der Waals surface area contributed by atoms with Crippen LogP contribution in [-0.4, -0.2) is 19.6 Å². The third-order valence-electron chi connectivity index (χ3n) is 1.39. The number of hydrogen-bond acceptors (Lipinski definition) is 2. The predicted octanol–water partition coefficient (Wildman–Crippen LogP) is 2.63. The number of aliphatic imine (C=N–C) groups is 1. The van der Waals surface area contributed by atoms with Crippen molar-refractivity contribution in [3.05, 3.63) is 29.8 Å². The molecule has 2 nitrogen and oxygen atoms in total. The van der Waals surface area contributed by atoms with Crippen LogP contribution in [0.15, 0.2) is 29.3 Å². The Hall–Kier alpha value is -1.52. The first kappa shape index (κ1) is 10.6. The summed E-state index contributed by atoms with van der Waals surface area (Å²) in [7, 11) is 1.58. The standard InChI is InChI=1S/C9H8F3NO/c1-13-6-7-2-4-8(5-3-7)14-9(10,11)12/h2-6H,1H3/b13-6+. The van der Waals surface area contributed by atoms with Crippen LogP contribution in [0.2, 0.25) is 0 Å². The maximum atomic E-state index is 11.7. The fourth-order valence-corrected chi connectivity index (χ4v) is 0.905. The molecule has 0 aliphatic heterocycles. The topological polar surface area (TPSA) is 21.6 Å². The fourth-order valence-electron chi connectivity index (χ4n) is 0.905. The van der Waals surface area contributed by atoms with Gasteiger partial charge in [0.2, 0.25) is 0 Å². The van der Waals surface area contributed by atoms with Gasteiger partial charge >= 0.3 is 6.36 Å². The normalized spacial score (nSPS) is 12.0. The summed E-state index contributed by atoms with van der Waals surface area (Å²) in [5.41, 5.74) is 0.724. The van der Waals surface area contributed by atoms with Crippen LogP contribution in [0.4, 0.5) is 13.2 Å². The van der Waals surface area contributed by atoms with E-state index < -0.39 is 6.36 Å². The summed E-state index contributed by atoms with van der Waals surface area (Å²) in [4.78, 5) is 3.72. The predicted molar refractivity (Wildman–Crippen MR) is 46.6 cm³/mol. The molecule has 1 aromatic rings. The van der Waals surface area contributed by atoms with Gasteiger partial charge in [-0.05, 0) is 29.8 Å². The number of ether oxygens (including phenoxy) is 1. The van der Waals surface area contributed by atoms with Gasteiger partial charge in [-0.15, -0.1) is 13.2 Å². The van der Waals surface area contributed by atoms with E-state index in [0.717, 1.165) is 5.56 Å². The van der Waals surface area contributed by atoms with Gasteiger partial charge in [-0.2, -0.15) is 0 Å². The Labute approximate surface area is 79.0 Å². The summed E-state index contributed by atoms with van der Waals surface area (Å²) in [5, 5.41) is 0. The van der Waals surface area contributed by atoms with Crippen LogP contribution >= 0.6 is 0 Å². The van der Waals surface area contributed by atoms with Crippen LogP contribution in [0.25, 0.3) is 0 Å². The second-order valence-corrected chi connectivity index (χ2v) is 2.50. The Bertz CT molecular complexity index is 316. The highest BCUT2D eigenvalue weighted by atomic mass is 19.4. The zero-order chi connectivity index (χ0) is 10.6. The van der Waals surface area contributed by atoms with Crippen molar-refractivity contribution < 1.29 is 17.9 Å². The lowest BCUT2D eigenvalue weighted by Gasteiger charge is -2.08. The average Bonchev–Trinajstić information content (AvgIpc) is 2.06. The molecule has 0 saturated carbocycles. The molecule has 0 saturated heterocycles. The number of benzene rings is 1. The van der Waals surface area contributed by atoms with Crippen molar-refractivity contribution in [2.24, 2.45) is 4.99 Å². The molecule has 1 aromatic carbocycles. The molecule has 5 heteroatoms. The highest BCUT2D eigenvalue weighted by Gasteiger charge is 2.30. The summed E-state index contributed by atoms with van der Waals surface area (Å²) >= 11 is 0. The number of rotatable bonds is 2. The van der Waals surface area contributed by atoms with E-state index in [1.54, 1.807) is 7.05 Å². The third-order valence-corrected chi connectivity index (χ3v) is 1.39. The molecule has 0 bridgehead atoms. The minimum atomic E-state index is -4.64. The van der Waals surface area contributed by atoms with Gasteiger partial charge in [0.15, 0.2) is 0 Å². The van der Waals surface area contributed by atoms with Gasteiger partial charge in [-0.3, -0.25) is 4.99 Å². The second-order valence-electron chi connectivity index (χ2n) is 2.50. The van der Waals surface area contributed by atoms with E-state index in [-0.39, 0.29) is 5.75 Å². The molecule has 0 heterocycles.